The highest BCUT2D eigenvalue weighted by Gasteiger charge is 2.29. The van der Waals surface area contributed by atoms with Gasteiger partial charge in [-0.2, -0.15) is 5.10 Å². The average molecular weight is 418 g/mol. The minimum Gasteiger partial charge on any atom is -0.493 e. The molecule has 0 unspecified atom stereocenters. The highest BCUT2D eigenvalue weighted by atomic mass is 16.5. The first-order valence-corrected chi connectivity index (χ1v) is 10.4. The number of carbonyl (C=O) groups is 1. The molecule has 0 saturated heterocycles. The number of amides is 1. The summed E-state index contributed by atoms with van der Waals surface area (Å²) in [7, 11) is 1.57. The van der Waals surface area contributed by atoms with Crippen LogP contribution in [0, 0.1) is 0 Å². The standard InChI is InChI=1S/C25H27N3O3/c1-6-28-20-11-10-17(12-19(20)16(2)14-25(28,3)4)15-26-27-24(29)22-13-18-8-7-9-21(30-5)23(18)31-22/h7-15H,6H2,1-5H3,(H,27,29)/b26-15+. The number of nitrogens with zero attached hydrogens (tertiary/aromatic N) is 2. The zero-order chi connectivity index (χ0) is 22.2. The molecule has 0 spiro atoms. The van der Waals surface area contributed by atoms with E-state index in [0.29, 0.717) is 11.3 Å². The number of hydrogen-bond acceptors (Lipinski definition) is 5. The van der Waals surface area contributed by atoms with Gasteiger partial charge in [0.05, 0.1) is 18.9 Å². The molecule has 6 heteroatoms. The molecule has 1 aliphatic rings. The van der Waals surface area contributed by atoms with Crippen LogP contribution in [0.5, 0.6) is 5.75 Å². The Morgan fingerprint density at radius 1 is 1.26 bits per heavy atom. The van der Waals surface area contributed by atoms with Crippen LogP contribution in [0.25, 0.3) is 16.5 Å². The predicted molar refractivity (Wildman–Crippen MR) is 125 cm³/mol. The second-order valence-electron chi connectivity index (χ2n) is 8.19. The van der Waals surface area contributed by atoms with Gasteiger partial charge in [-0.05, 0) is 63.1 Å². The molecule has 1 aliphatic heterocycles. The van der Waals surface area contributed by atoms with Crippen molar-refractivity contribution < 1.29 is 13.9 Å². The predicted octanol–water partition coefficient (Wildman–Crippen LogP) is 5.23. The molecule has 2 aromatic carbocycles. The van der Waals surface area contributed by atoms with Crippen LogP contribution in [0.1, 0.15) is 49.4 Å². The summed E-state index contributed by atoms with van der Waals surface area (Å²) in [5.74, 6) is 0.353. The van der Waals surface area contributed by atoms with E-state index in [1.165, 1.54) is 16.8 Å². The Bertz CT molecular complexity index is 1200. The number of nitrogens with one attached hydrogen (secondary N) is 1. The maximum Gasteiger partial charge on any atom is 0.307 e. The Labute approximate surface area is 182 Å². The molecule has 6 nitrogen and oxygen atoms in total. The van der Waals surface area contributed by atoms with Crippen molar-refractivity contribution in [2.45, 2.75) is 33.2 Å². The lowest BCUT2D eigenvalue weighted by molar-refractivity contribution is 0.0929. The van der Waals surface area contributed by atoms with Gasteiger partial charge in [0.25, 0.3) is 0 Å². The number of carbonyl (C=O) groups excluding carboxylic acids is 1. The van der Waals surface area contributed by atoms with Gasteiger partial charge in [0.2, 0.25) is 0 Å². The van der Waals surface area contributed by atoms with E-state index in [1.807, 2.05) is 18.2 Å². The Morgan fingerprint density at radius 2 is 2.06 bits per heavy atom. The molecule has 31 heavy (non-hydrogen) atoms. The van der Waals surface area contributed by atoms with Crippen molar-refractivity contribution in [2.75, 3.05) is 18.6 Å². The molecule has 1 amide bonds. The number of allylic oxidation sites excluding steroid dienone is 1. The third-order valence-corrected chi connectivity index (χ3v) is 5.65. The fraction of sp³-hybridized carbons (Fsp3) is 0.280. The number of fused-ring (bicyclic) bond motifs is 2. The van der Waals surface area contributed by atoms with Gasteiger partial charge in [0.15, 0.2) is 17.1 Å². The number of para-hydroxylation sites is 1. The van der Waals surface area contributed by atoms with E-state index in [-0.39, 0.29) is 11.3 Å². The summed E-state index contributed by atoms with van der Waals surface area (Å²) in [6.07, 6.45) is 3.93. The average Bonchev–Trinajstić information content (AvgIpc) is 3.18. The molecular weight excluding hydrogens is 390 g/mol. The topological polar surface area (TPSA) is 67.1 Å². The first kappa shape index (κ1) is 20.7. The SMILES string of the molecule is CCN1c2ccc(/C=N/NC(=O)c3cc4cccc(OC)c4o3)cc2C(C)=CC1(C)C. The Kier molecular flexibility index (Phi) is 5.31. The van der Waals surface area contributed by atoms with E-state index < -0.39 is 5.91 Å². The van der Waals surface area contributed by atoms with Crippen molar-refractivity contribution in [3.05, 3.63) is 65.4 Å². The van der Waals surface area contributed by atoms with E-state index in [0.717, 1.165) is 17.5 Å². The summed E-state index contributed by atoms with van der Waals surface area (Å²) in [4.78, 5) is 14.8. The number of rotatable bonds is 5. The molecule has 160 valence electrons. The highest BCUT2D eigenvalue weighted by Crippen LogP contribution is 2.38. The molecule has 4 rings (SSSR count). The normalized spacial score (nSPS) is 15.1. The molecule has 0 bridgehead atoms. The maximum atomic E-state index is 12.5. The molecule has 0 fully saturated rings. The molecule has 1 aromatic heterocycles. The number of likely N-dealkylation sites (N-methyl/N-ethyl adjacent to an activating group) is 1. The highest BCUT2D eigenvalue weighted by molar-refractivity contribution is 5.98. The van der Waals surface area contributed by atoms with Crippen LogP contribution in [-0.4, -0.2) is 31.3 Å². The molecule has 0 radical (unpaired) electrons. The molecule has 3 aromatic rings. The van der Waals surface area contributed by atoms with Crippen LogP contribution in [0.15, 0.2) is 58.1 Å². The first-order valence-electron chi connectivity index (χ1n) is 10.4. The molecule has 0 saturated carbocycles. The van der Waals surface area contributed by atoms with Crippen molar-refractivity contribution in [3.8, 4) is 5.75 Å². The van der Waals surface area contributed by atoms with E-state index in [4.69, 9.17) is 9.15 Å². The first-order chi connectivity index (χ1) is 14.8. The van der Waals surface area contributed by atoms with E-state index in [1.54, 1.807) is 25.5 Å². The quantitative estimate of drug-likeness (QED) is 0.456. The monoisotopic (exact) mass is 417 g/mol. The third-order valence-electron chi connectivity index (χ3n) is 5.65. The van der Waals surface area contributed by atoms with Gasteiger partial charge in [-0.15, -0.1) is 0 Å². The molecule has 2 heterocycles. The minimum atomic E-state index is -0.414. The smallest absolute Gasteiger partial charge is 0.307 e. The van der Waals surface area contributed by atoms with Gasteiger partial charge >= 0.3 is 5.91 Å². The second-order valence-corrected chi connectivity index (χ2v) is 8.19. The lowest BCUT2D eigenvalue weighted by atomic mass is 9.88. The van der Waals surface area contributed by atoms with Crippen molar-refractivity contribution in [1.29, 1.82) is 0 Å². The lowest BCUT2D eigenvalue weighted by Gasteiger charge is -2.42. The van der Waals surface area contributed by atoms with Gasteiger partial charge in [0.1, 0.15) is 0 Å². The fourth-order valence-electron chi connectivity index (χ4n) is 4.29. The lowest BCUT2D eigenvalue weighted by Crippen LogP contribution is -2.44. The molecule has 1 N–H and O–H groups in total. The van der Waals surface area contributed by atoms with Gasteiger partial charge < -0.3 is 14.1 Å². The zero-order valence-corrected chi connectivity index (χ0v) is 18.5. The molecule has 0 atom stereocenters. The fourth-order valence-corrected chi connectivity index (χ4v) is 4.29. The number of furan rings is 1. The van der Waals surface area contributed by atoms with Crippen molar-refractivity contribution in [3.63, 3.8) is 0 Å². The second kappa shape index (κ2) is 7.95. The van der Waals surface area contributed by atoms with E-state index in [2.05, 4.69) is 61.3 Å². The largest absolute Gasteiger partial charge is 0.493 e. The van der Waals surface area contributed by atoms with Crippen LogP contribution >= 0.6 is 0 Å². The summed E-state index contributed by atoms with van der Waals surface area (Å²) in [6.45, 7) is 9.67. The van der Waals surface area contributed by atoms with Crippen LogP contribution < -0.4 is 15.1 Å². The van der Waals surface area contributed by atoms with Crippen LogP contribution in [0.3, 0.4) is 0 Å². The Balaban J connectivity index is 1.52. The maximum absolute atomic E-state index is 12.5. The number of anilines is 1. The number of benzene rings is 2. The van der Waals surface area contributed by atoms with Gasteiger partial charge in [-0.25, -0.2) is 5.43 Å². The molecular formula is C25H27N3O3. The van der Waals surface area contributed by atoms with E-state index >= 15 is 0 Å². The van der Waals surface area contributed by atoms with Crippen LogP contribution in [0.2, 0.25) is 0 Å². The van der Waals surface area contributed by atoms with Crippen molar-refractivity contribution >= 4 is 34.4 Å². The summed E-state index contributed by atoms with van der Waals surface area (Å²) < 4.78 is 10.9. The Morgan fingerprint density at radius 3 is 2.81 bits per heavy atom. The summed E-state index contributed by atoms with van der Waals surface area (Å²) in [5, 5.41) is 4.92. The minimum absolute atomic E-state index is 0.0231. The number of methoxy groups -OCH3 is 1. The van der Waals surface area contributed by atoms with Gasteiger partial charge in [-0.1, -0.05) is 24.3 Å². The van der Waals surface area contributed by atoms with Crippen molar-refractivity contribution in [2.24, 2.45) is 5.10 Å². The third kappa shape index (κ3) is 3.81. The zero-order valence-electron chi connectivity index (χ0n) is 18.5. The van der Waals surface area contributed by atoms with Crippen LogP contribution in [-0.2, 0) is 0 Å². The van der Waals surface area contributed by atoms with Crippen molar-refractivity contribution in [1.82, 2.24) is 5.43 Å². The number of hydrazone groups is 1. The number of hydrogen-bond donors (Lipinski definition) is 1. The summed E-state index contributed by atoms with van der Waals surface area (Å²) in [6, 6.07) is 13.4. The van der Waals surface area contributed by atoms with Gasteiger partial charge in [-0.3, -0.25) is 4.79 Å². The number of ether oxygens (including phenoxy) is 1. The summed E-state index contributed by atoms with van der Waals surface area (Å²) in [5.41, 5.74) is 7.60. The van der Waals surface area contributed by atoms with E-state index in [9.17, 15) is 4.79 Å². The Hall–Kier alpha value is -3.54. The van der Waals surface area contributed by atoms with Crippen LogP contribution in [0.4, 0.5) is 5.69 Å². The summed E-state index contributed by atoms with van der Waals surface area (Å²) >= 11 is 0. The molecule has 0 aliphatic carbocycles. The van der Waals surface area contributed by atoms with Gasteiger partial charge in [0, 0.05) is 23.2 Å².